The summed E-state index contributed by atoms with van der Waals surface area (Å²) < 4.78 is 34.0. The number of hydrogen-bond donors (Lipinski definition) is 0. The lowest BCUT2D eigenvalue weighted by molar-refractivity contribution is -0.153. The lowest BCUT2D eigenvalue weighted by Gasteiger charge is -2.29. The van der Waals surface area contributed by atoms with Crippen molar-refractivity contribution in [2.24, 2.45) is 11.8 Å². The van der Waals surface area contributed by atoms with Gasteiger partial charge in [0, 0.05) is 27.1 Å². The number of carbonyl (C=O) groups excluding carboxylic acids is 2. The van der Waals surface area contributed by atoms with Gasteiger partial charge in [0.05, 0.1) is 13.2 Å². The minimum Gasteiger partial charge on any atom is -0.490 e. The van der Waals surface area contributed by atoms with Crippen LogP contribution in [0.3, 0.4) is 0 Å². The van der Waals surface area contributed by atoms with Gasteiger partial charge in [0.25, 0.3) is 0 Å². The molecule has 2 aromatic carbocycles. The lowest BCUT2D eigenvalue weighted by atomic mass is 9.83. The van der Waals surface area contributed by atoms with Crippen molar-refractivity contribution < 1.29 is 38.0 Å². The summed E-state index contributed by atoms with van der Waals surface area (Å²) in [5, 5.41) is 0. The van der Waals surface area contributed by atoms with Crippen molar-refractivity contribution in [3.05, 3.63) is 60.7 Å². The van der Waals surface area contributed by atoms with Gasteiger partial charge in [0.1, 0.15) is 24.7 Å². The van der Waals surface area contributed by atoms with Gasteiger partial charge in [-0.3, -0.25) is 9.59 Å². The Morgan fingerprint density at radius 3 is 1.34 bits per heavy atom. The zero-order valence-electron chi connectivity index (χ0n) is 22.4. The third-order valence-electron chi connectivity index (χ3n) is 6.30. The molecule has 3 rings (SSSR count). The summed E-state index contributed by atoms with van der Waals surface area (Å²) in [7, 11) is 0. The molecular weight excluding hydrogens is 488 g/mol. The van der Waals surface area contributed by atoms with Gasteiger partial charge in [-0.15, -0.1) is 0 Å². The molecule has 38 heavy (non-hydrogen) atoms. The minimum atomic E-state index is -0.450. The predicted molar refractivity (Wildman–Crippen MR) is 142 cm³/mol. The largest absolute Gasteiger partial charge is 0.490 e. The first kappa shape index (κ1) is 29.5. The summed E-state index contributed by atoms with van der Waals surface area (Å²) in [6.07, 6.45) is 3.31. The number of esters is 2. The van der Waals surface area contributed by atoms with Crippen molar-refractivity contribution in [3.8, 4) is 11.5 Å². The molecule has 0 spiro atoms. The molecule has 8 nitrogen and oxygen atoms in total. The summed E-state index contributed by atoms with van der Waals surface area (Å²) in [6.45, 7) is 5.14. The lowest BCUT2D eigenvalue weighted by Crippen LogP contribution is -2.31. The third-order valence-corrected chi connectivity index (χ3v) is 6.30. The second-order valence-electron chi connectivity index (χ2n) is 9.67. The molecule has 208 valence electrons. The van der Waals surface area contributed by atoms with Crippen LogP contribution in [0.2, 0.25) is 0 Å². The smallest absolute Gasteiger partial charge is 0.303 e. The van der Waals surface area contributed by atoms with E-state index in [1.165, 1.54) is 13.8 Å². The van der Waals surface area contributed by atoms with Gasteiger partial charge in [-0.05, 0) is 61.8 Å². The highest BCUT2D eigenvalue weighted by molar-refractivity contribution is 5.66. The molecule has 1 aliphatic rings. The van der Waals surface area contributed by atoms with Crippen LogP contribution in [0.5, 0.6) is 11.5 Å². The van der Waals surface area contributed by atoms with Crippen molar-refractivity contribution >= 4 is 11.9 Å². The molecule has 0 aliphatic heterocycles. The van der Waals surface area contributed by atoms with Crippen molar-refractivity contribution in [3.63, 3.8) is 0 Å². The van der Waals surface area contributed by atoms with Crippen molar-refractivity contribution in [1.29, 1.82) is 0 Å². The van der Waals surface area contributed by atoms with E-state index in [9.17, 15) is 9.59 Å². The maximum absolute atomic E-state index is 11.5. The Hall–Kier alpha value is -3.10. The Labute approximate surface area is 225 Å². The molecule has 1 saturated carbocycles. The first-order chi connectivity index (χ1) is 18.5. The molecule has 0 heterocycles. The summed E-state index contributed by atoms with van der Waals surface area (Å²) in [5.74, 6) is 1.69. The predicted octanol–water partition coefficient (Wildman–Crippen LogP) is 4.85. The number of rotatable bonds is 16. The maximum atomic E-state index is 11.5. The van der Waals surface area contributed by atoms with Gasteiger partial charge in [-0.1, -0.05) is 36.4 Å². The summed E-state index contributed by atoms with van der Waals surface area (Å²) >= 11 is 0. The fourth-order valence-corrected chi connectivity index (χ4v) is 4.41. The highest BCUT2D eigenvalue weighted by Crippen LogP contribution is 2.29. The van der Waals surface area contributed by atoms with Crippen LogP contribution in [-0.2, 0) is 28.5 Å². The van der Waals surface area contributed by atoms with Gasteiger partial charge in [-0.2, -0.15) is 0 Å². The van der Waals surface area contributed by atoms with E-state index in [1.54, 1.807) is 0 Å². The molecule has 0 amide bonds. The zero-order chi connectivity index (χ0) is 27.0. The topological polar surface area (TPSA) is 89.5 Å². The Kier molecular flexibility index (Phi) is 12.9. The van der Waals surface area contributed by atoms with Gasteiger partial charge >= 0.3 is 11.9 Å². The normalized spacial score (nSPS) is 18.7. The number of ether oxygens (including phenoxy) is 6. The van der Waals surface area contributed by atoms with Crippen LogP contribution < -0.4 is 9.47 Å². The molecule has 1 aliphatic carbocycles. The molecular formula is C30H40O8. The molecule has 0 N–H and O–H groups in total. The third kappa shape index (κ3) is 12.0. The summed E-state index contributed by atoms with van der Waals surface area (Å²) in [4.78, 5) is 22.9. The molecule has 2 unspecified atom stereocenters. The van der Waals surface area contributed by atoms with Crippen LogP contribution in [0.1, 0.15) is 39.5 Å². The van der Waals surface area contributed by atoms with E-state index in [1.807, 2.05) is 60.7 Å². The van der Waals surface area contributed by atoms with E-state index in [0.29, 0.717) is 38.3 Å². The Balaban J connectivity index is 1.30. The molecule has 0 radical (unpaired) electrons. The van der Waals surface area contributed by atoms with E-state index in [2.05, 4.69) is 0 Å². The second-order valence-corrected chi connectivity index (χ2v) is 9.67. The highest BCUT2D eigenvalue weighted by atomic mass is 16.6. The van der Waals surface area contributed by atoms with Crippen molar-refractivity contribution in [2.75, 3.05) is 39.6 Å². The monoisotopic (exact) mass is 528 g/mol. The van der Waals surface area contributed by atoms with E-state index in [-0.39, 0.29) is 25.2 Å². The molecule has 0 saturated heterocycles. The first-order valence-electron chi connectivity index (χ1n) is 13.3. The first-order valence-corrected chi connectivity index (χ1v) is 13.3. The molecule has 2 aromatic rings. The van der Waals surface area contributed by atoms with Gasteiger partial charge in [0.2, 0.25) is 0 Å². The van der Waals surface area contributed by atoms with Crippen LogP contribution in [0.4, 0.5) is 0 Å². The van der Waals surface area contributed by atoms with Crippen LogP contribution in [0, 0.1) is 11.8 Å². The van der Waals surface area contributed by atoms with Crippen LogP contribution >= 0.6 is 0 Å². The maximum Gasteiger partial charge on any atom is 0.303 e. The Morgan fingerprint density at radius 1 is 0.632 bits per heavy atom. The molecule has 0 bridgehead atoms. The van der Waals surface area contributed by atoms with Gasteiger partial charge < -0.3 is 28.4 Å². The van der Waals surface area contributed by atoms with Gasteiger partial charge in [-0.25, -0.2) is 0 Å². The van der Waals surface area contributed by atoms with Gasteiger partial charge in [0.15, 0.2) is 12.2 Å². The standard InChI is InChI=1S/C30H40O8/c1-23(31)37-29(21-35-27-9-5-3-6-10-27)19-33-17-25-13-15-26(16-14-25)18-34-20-30(38-24(2)32)22-36-28-11-7-4-8-12-28/h3-12,25-26,29-30H,13-22H2,1-2H3. The number of carbonyl (C=O) groups is 2. The summed E-state index contributed by atoms with van der Waals surface area (Å²) in [5.41, 5.74) is 0. The number of hydrogen-bond acceptors (Lipinski definition) is 8. The Morgan fingerprint density at radius 2 is 1.00 bits per heavy atom. The van der Waals surface area contributed by atoms with Crippen molar-refractivity contribution in [2.45, 2.75) is 51.7 Å². The average Bonchev–Trinajstić information content (AvgIpc) is 2.91. The second kappa shape index (κ2) is 16.7. The average molecular weight is 529 g/mol. The number of para-hydroxylation sites is 2. The number of benzene rings is 2. The van der Waals surface area contributed by atoms with E-state index < -0.39 is 12.2 Å². The fraction of sp³-hybridized carbons (Fsp3) is 0.533. The molecule has 2 atom stereocenters. The fourth-order valence-electron chi connectivity index (χ4n) is 4.41. The van der Waals surface area contributed by atoms with E-state index in [4.69, 9.17) is 28.4 Å². The highest BCUT2D eigenvalue weighted by Gasteiger charge is 2.23. The zero-order valence-corrected chi connectivity index (χ0v) is 22.4. The molecule has 8 heteroatoms. The SMILES string of the molecule is CC(=O)OC(COCC1CCC(COCC(COc2ccccc2)OC(C)=O)CC1)COc1ccccc1. The molecule has 0 aromatic heterocycles. The van der Waals surface area contributed by atoms with Crippen LogP contribution in [-0.4, -0.2) is 63.8 Å². The Bertz CT molecular complexity index is 850. The van der Waals surface area contributed by atoms with Crippen LogP contribution in [0.25, 0.3) is 0 Å². The summed E-state index contributed by atoms with van der Waals surface area (Å²) in [6, 6.07) is 18.9. The minimum absolute atomic E-state index is 0.248. The molecule has 1 fully saturated rings. The van der Waals surface area contributed by atoms with Crippen molar-refractivity contribution in [1.82, 2.24) is 0 Å². The van der Waals surface area contributed by atoms with Crippen LogP contribution in [0.15, 0.2) is 60.7 Å². The quantitative estimate of drug-likeness (QED) is 0.286. The van der Waals surface area contributed by atoms with E-state index in [0.717, 1.165) is 37.2 Å². The van der Waals surface area contributed by atoms with E-state index >= 15 is 0 Å².